The molecule has 4 aromatic rings. The maximum atomic E-state index is 12.9. The molecule has 5 heteroatoms. The van der Waals surface area contributed by atoms with Crippen LogP contribution in [0.4, 0.5) is 4.39 Å². The second-order valence-electron chi connectivity index (χ2n) is 6.02. The third-order valence-electron chi connectivity index (χ3n) is 4.24. The number of fused-ring (bicyclic) bond motifs is 1. The van der Waals surface area contributed by atoms with Gasteiger partial charge in [0.2, 0.25) is 0 Å². The lowest BCUT2D eigenvalue weighted by molar-refractivity contribution is 0.618. The fourth-order valence-corrected chi connectivity index (χ4v) is 2.90. The van der Waals surface area contributed by atoms with E-state index in [1.807, 2.05) is 24.5 Å². The number of aromatic amines is 1. The lowest BCUT2D eigenvalue weighted by Gasteiger charge is -2.04. The van der Waals surface area contributed by atoms with E-state index in [0.717, 1.165) is 47.2 Å². The molecule has 0 unspecified atom stereocenters. The van der Waals surface area contributed by atoms with Gasteiger partial charge in [-0.25, -0.2) is 9.37 Å². The molecule has 0 aliphatic heterocycles. The Morgan fingerprint density at radius 3 is 2.40 bits per heavy atom. The van der Waals surface area contributed by atoms with Crippen LogP contribution in [-0.4, -0.2) is 19.9 Å². The van der Waals surface area contributed by atoms with Gasteiger partial charge in [0.05, 0.1) is 6.20 Å². The molecule has 4 heterocycles. The monoisotopic (exact) mass is 332 g/mol. The van der Waals surface area contributed by atoms with E-state index in [0.29, 0.717) is 0 Å². The Balaban J connectivity index is 1.42. The number of hydrogen-bond donors (Lipinski definition) is 1. The molecule has 0 saturated carbocycles. The zero-order valence-corrected chi connectivity index (χ0v) is 13.6. The summed E-state index contributed by atoms with van der Waals surface area (Å²) in [5.74, 6) is -0.307. The Kier molecular flexibility index (Phi) is 4.21. The number of rotatable bonds is 5. The number of nitrogens with one attached hydrogen (secondary N) is 1. The standard InChI is InChI=1S/C20H17FN4/c21-16-4-6-18(24-13-16)8-7-17-5-3-14(11-23-17)10-15-12-25-20-19(15)2-1-9-22-20/h1-6,9,11-13H,7-8,10H2,(H,22,25). The van der Waals surface area contributed by atoms with E-state index >= 15 is 0 Å². The fourth-order valence-electron chi connectivity index (χ4n) is 2.90. The Hall–Kier alpha value is -3.08. The van der Waals surface area contributed by atoms with E-state index in [9.17, 15) is 4.39 Å². The van der Waals surface area contributed by atoms with Gasteiger partial charge in [-0.3, -0.25) is 9.97 Å². The summed E-state index contributed by atoms with van der Waals surface area (Å²) in [7, 11) is 0. The summed E-state index contributed by atoms with van der Waals surface area (Å²) in [6, 6.07) is 11.3. The summed E-state index contributed by atoms with van der Waals surface area (Å²) < 4.78 is 12.9. The molecule has 0 saturated heterocycles. The van der Waals surface area contributed by atoms with Crippen molar-refractivity contribution in [1.29, 1.82) is 0 Å². The number of H-pyrrole nitrogens is 1. The van der Waals surface area contributed by atoms with Gasteiger partial charge >= 0.3 is 0 Å². The van der Waals surface area contributed by atoms with Crippen LogP contribution in [-0.2, 0) is 19.3 Å². The largest absolute Gasteiger partial charge is 0.346 e. The molecular formula is C20H17FN4. The minimum atomic E-state index is -0.307. The van der Waals surface area contributed by atoms with E-state index in [1.54, 1.807) is 12.3 Å². The van der Waals surface area contributed by atoms with Crippen molar-refractivity contribution in [1.82, 2.24) is 19.9 Å². The van der Waals surface area contributed by atoms with Crippen LogP contribution in [0.5, 0.6) is 0 Å². The first kappa shape index (κ1) is 15.4. The Labute approximate surface area is 144 Å². The summed E-state index contributed by atoms with van der Waals surface area (Å²) in [5, 5.41) is 1.15. The molecule has 0 fully saturated rings. The topological polar surface area (TPSA) is 54.5 Å². The minimum absolute atomic E-state index is 0.307. The maximum Gasteiger partial charge on any atom is 0.141 e. The Morgan fingerprint density at radius 2 is 1.68 bits per heavy atom. The van der Waals surface area contributed by atoms with Gasteiger partial charge in [0, 0.05) is 41.8 Å². The van der Waals surface area contributed by atoms with Crippen LogP contribution >= 0.6 is 0 Å². The fraction of sp³-hybridized carbons (Fsp3) is 0.150. The molecule has 0 radical (unpaired) electrons. The quantitative estimate of drug-likeness (QED) is 0.603. The van der Waals surface area contributed by atoms with Crippen LogP contribution in [0.2, 0.25) is 0 Å². The molecule has 4 aromatic heterocycles. The Morgan fingerprint density at radius 1 is 0.880 bits per heavy atom. The molecule has 0 bridgehead atoms. The van der Waals surface area contributed by atoms with E-state index in [1.165, 1.54) is 17.8 Å². The third-order valence-corrected chi connectivity index (χ3v) is 4.24. The van der Waals surface area contributed by atoms with Crippen molar-refractivity contribution in [2.45, 2.75) is 19.3 Å². The third kappa shape index (κ3) is 3.55. The highest BCUT2D eigenvalue weighted by atomic mass is 19.1. The molecule has 0 aliphatic carbocycles. The van der Waals surface area contributed by atoms with Gasteiger partial charge in [-0.2, -0.15) is 0 Å². The van der Waals surface area contributed by atoms with E-state index in [2.05, 4.69) is 32.1 Å². The van der Waals surface area contributed by atoms with Crippen molar-refractivity contribution >= 4 is 11.0 Å². The average molecular weight is 332 g/mol. The smallest absolute Gasteiger partial charge is 0.141 e. The lowest BCUT2D eigenvalue weighted by Crippen LogP contribution is -1.98. The summed E-state index contributed by atoms with van der Waals surface area (Å²) >= 11 is 0. The van der Waals surface area contributed by atoms with Crippen molar-refractivity contribution < 1.29 is 4.39 Å². The molecule has 4 nitrogen and oxygen atoms in total. The molecule has 4 rings (SSSR count). The summed E-state index contributed by atoms with van der Waals surface area (Å²) in [6.07, 6.45) is 9.32. The molecule has 0 atom stereocenters. The number of hydrogen-bond acceptors (Lipinski definition) is 3. The maximum absolute atomic E-state index is 12.9. The van der Waals surface area contributed by atoms with Crippen molar-refractivity contribution in [3.63, 3.8) is 0 Å². The highest BCUT2D eigenvalue weighted by Crippen LogP contribution is 2.19. The highest BCUT2D eigenvalue weighted by Gasteiger charge is 2.06. The van der Waals surface area contributed by atoms with Gasteiger partial charge < -0.3 is 4.98 Å². The van der Waals surface area contributed by atoms with Gasteiger partial charge in [-0.1, -0.05) is 6.07 Å². The molecule has 0 aromatic carbocycles. The molecule has 0 amide bonds. The summed E-state index contributed by atoms with van der Waals surface area (Å²) in [5.41, 5.74) is 5.17. The first-order chi connectivity index (χ1) is 12.3. The van der Waals surface area contributed by atoms with E-state index in [-0.39, 0.29) is 5.82 Å². The number of pyridine rings is 3. The predicted octanol–water partition coefficient (Wildman–Crippen LogP) is 3.87. The first-order valence-electron chi connectivity index (χ1n) is 8.23. The van der Waals surface area contributed by atoms with Crippen LogP contribution in [0, 0.1) is 5.82 Å². The van der Waals surface area contributed by atoms with Crippen LogP contribution in [0.25, 0.3) is 11.0 Å². The lowest BCUT2D eigenvalue weighted by atomic mass is 10.1. The van der Waals surface area contributed by atoms with Gasteiger partial charge in [-0.05, 0) is 54.3 Å². The normalized spacial score (nSPS) is 11.1. The molecule has 1 N–H and O–H groups in total. The number of nitrogens with zero attached hydrogens (tertiary/aromatic N) is 3. The molecule has 0 spiro atoms. The number of aryl methyl sites for hydroxylation is 2. The number of aromatic nitrogens is 4. The van der Waals surface area contributed by atoms with Crippen LogP contribution < -0.4 is 0 Å². The first-order valence-corrected chi connectivity index (χ1v) is 8.23. The molecule has 0 aliphatic rings. The summed E-state index contributed by atoms with van der Waals surface area (Å²) in [6.45, 7) is 0. The SMILES string of the molecule is Fc1ccc(CCc2ccc(Cc3c[nH]c4ncccc34)cn2)nc1. The molecule has 25 heavy (non-hydrogen) atoms. The van der Waals surface area contributed by atoms with Crippen molar-refractivity contribution in [2.75, 3.05) is 0 Å². The summed E-state index contributed by atoms with van der Waals surface area (Å²) in [4.78, 5) is 16.1. The second-order valence-corrected chi connectivity index (χ2v) is 6.02. The van der Waals surface area contributed by atoms with Gasteiger partial charge in [-0.15, -0.1) is 0 Å². The van der Waals surface area contributed by atoms with Crippen molar-refractivity contribution in [2.24, 2.45) is 0 Å². The molecule has 124 valence electrons. The highest BCUT2D eigenvalue weighted by molar-refractivity contribution is 5.79. The van der Waals surface area contributed by atoms with Crippen molar-refractivity contribution in [3.05, 3.63) is 89.5 Å². The zero-order chi connectivity index (χ0) is 17.1. The Bertz CT molecular complexity index is 975. The van der Waals surface area contributed by atoms with Crippen LogP contribution in [0.3, 0.4) is 0 Å². The van der Waals surface area contributed by atoms with E-state index in [4.69, 9.17) is 0 Å². The average Bonchev–Trinajstić information content (AvgIpc) is 3.06. The minimum Gasteiger partial charge on any atom is -0.346 e. The van der Waals surface area contributed by atoms with Gasteiger partial charge in [0.1, 0.15) is 11.5 Å². The van der Waals surface area contributed by atoms with Crippen molar-refractivity contribution in [3.8, 4) is 0 Å². The molecular weight excluding hydrogens is 315 g/mol. The second kappa shape index (κ2) is 6.81. The number of halogens is 1. The van der Waals surface area contributed by atoms with E-state index < -0.39 is 0 Å². The van der Waals surface area contributed by atoms with Gasteiger partial charge in [0.25, 0.3) is 0 Å². The predicted molar refractivity (Wildman–Crippen MR) is 94.7 cm³/mol. The van der Waals surface area contributed by atoms with Gasteiger partial charge in [0.15, 0.2) is 0 Å². The van der Waals surface area contributed by atoms with Crippen LogP contribution in [0.1, 0.15) is 22.5 Å². The zero-order valence-electron chi connectivity index (χ0n) is 13.6. The van der Waals surface area contributed by atoms with Crippen LogP contribution in [0.15, 0.2) is 61.2 Å².